The number of carbonyl (C=O) groups excluding carboxylic acids is 1. The Balaban J connectivity index is 1.41. The number of amides is 1. The van der Waals surface area contributed by atoms with E-state index in [0.29, 0.717) is 18.2 Å². The highest BCUT2D eigenvalue weighted by Gasteiger charge is 2.27. The van der Waals surface area contributed by atoms with Gasteiger partial charge in [0, 0.05) is 42.8 Å². The summed E-state index contributed by atoms with van der Waals surface area (Å²) >= 11 is 0. The highest BCUT2D eigenvalue weighted by molar-refractivity contribution is 5.93. The molecule has 0 unspecified atom stereocenters. The molecule has 0 spiro atoms. The Morgan fingerprint density at radius 3 is 2.63 bits per heavy atom. The third-order valence-electron chi connectivity index (χ3n) is 5.23. The minimum atomic E-state index is -0.275. The number of hydrogen-bond donors (Lipinski definition) is 1. The number of carbonyl (C=O) groups is 1. The van der Waals surface area contributed by atoms with Crippen molar-refractivity contribution in [3.8, 4) is 16.9 Å². The zero-order valence-corrected chi connectivity index (χ0v) is 16.7. The SMILES string of the molecule is COc1cccc(NC(=O)[C@@H]2CCCN(c3ncc(-c4ccc(F)cc4)cn3)C2)c1. The van der Waals surface area contributed by atoms with Crippen LogP contribution in [0.3, 0.4) is 0 Å². The molecular weight excluding hydrogens is 383 g/mol. The third-order valence-corrected chi connectivity index (χ3v) is 5.23. The van der Waals surface area contributed by atoms with E-state index in [1.807, 2.05) is 23.1 Å². The van der Waals surface area contributed by atoms with Gasteiger partial charge in [-0.2, -0.15) is 0 Å². The number of hydrogen-bond acceptors (Lipinski definition) is 5. The summed E-state index contributed by atoms with van der Waals surface area (Å²) in [6.07, 6.45) is 5.17. The van der Waals surface area contributed by atoms with Crippen molar-refractivity contribution >= 4 is 17.5 Å². The van der Waals surface area contributed by atoms with Gasteiger partial charge in [-0.05, 0) is 42.7 Å². The van der Waals surface area contributed by atoms with Gasteiger partial charge in [-0.3, -0.25) is 4.79 Å². The molecule has 0 aliphatic carbocycles. The number of rotatable bonds is 5. The normalized spacial score (nSPS) is 16.2. The van der Waals surface area contributed by atoms with Gasteiger partial charge in [-0.25, -0.2) is 14.4 Å². The van der Waals surface area contributed by atoms with Gasteiger partial charge in [0.1, 0.15) is 11.6 Å². The van der Waals surface area contributed by atoms with Gasteiger partial charge in [0.25, 0.3) is 0 Å². The molecule has 1 atom stereocenters. The van der Waals surface area contributed by atoms with E-state index in [9.17, 15) is 9.18 Å². The number of ether oxygens (including phenoxy) is 1. The third kappa shape index (κ3) is 4.56. The monoisotopic (exact) mass is 406 g/mol. The lowest BCUT2D eigenvalue weighted by atomic mass is 9.97. The molecule has 0 radical (unpaired) electrons. The number of benzene rings is 2. The van der Waals surface area contributed by atoms with E-state index in [2.05, 4.69) is 15.3 Å². The van der Waals surface area contributed by atoms with Gasteiger partial charge in [0.05, 0.1) is 13.0 Å². The van der Waals surface area contributed by atoms with Crippen LogP contribution in [0.5, 0.6) is 5.75 Å². The lowest BCUT2D eigenvalue weighted by Gasteiger charge is -2.32. The zero-order chi connectivity index (χ0) is 20.9. The summed E-state index contributed by atoms with van der Waals surface area (Å²) in [6, 6.07) is 13.6. The van der Waals surface area contributed by atoms with E-state index in [4.69, 9.17) is 4.74 Å². The largest absolute Gasteiger partial charge is 0.497 e. The smallest absolute Gasteiger partial charge is 0.229 e. The molecule has 2 heterocycles. The summed E-state index contributed by atoms with van der Waals surface area (Å²) < 4.78 is 18.3. The van der Waals surface area contributed by atoms with Gasteiger partial charge >= 0.3 is 0 Å². The summed E-state index contributed by atoms with van der Waals surface area (Å²) in [5.41, 5.74) is 2.40. The number of anilines is 2. The van der Waals surface area contributed by atoms with Crippen LogP contribution >= 0.6 is 0 Å². The van der Waals surface area contributed by atoms with Crippen LogP contribution in [0.4, 0.5) is 16.0 Å². The molecule has 1 amide bonds. The molecule has 0 saturated carbocycles. The lowest BCUT2D eigenvalue weighted by molar-refractivity contribution is -0.120. The van der Waals surface area contributed by atoms with Crippen LogP contribution in [0, 0.1) is 11.7 Å². The average Bonchev–Trinajstić information content (AvgIpc) is 2.80. The Kier molecular flexibility index (Phi) is 5.88. The van der Waals surface area contributed by atoms with Gasteiger partial charge in [-0.1, -0.05) is 18.2 Å². The summed E-state index contributed by atoms with van der Waals surface area (Å²) in [6.45, 7) is 1.37. The fraction of sp³-hybridized carbons (Fsp3) is 0.261. The first-order valence-corrected chi connectivity index (χ1v) is 9.90. The van der Waals surface area contributed by atoms with Gasteiger partial charge < -0.3 is 15.0 Å². The van der Waals surface area contributed by atoms with Crippen molar-refractivity contribution in [3.63, 3.8) is 0 Å². The summed E-state index contributed by atoms with van der Waals surface area (Å²) in [4.78, 5) is 23.7. The summed E-state index contributed by atoms with van der Waals surface area (Å²) in [7, 11) is 1.60. The van der Waals surface area contributed by atoms with Gasteiger partial charge in [0.2, 0.25) is 11.9 Å². The maximum atomic E-state index is 13.1. The van der Waals surface area contributed by atoms with Crippen molar-refractivity contribution in [2.24, 2.45) is 5.92 Å². The predicted molar refractivity (Wildman–Crippen MR) is 114 cm³/mol. The lowest BCUT2D eigenvalue weighted by Crippen LogP contribution is -2.41. The van der Waals surface area contributed by atoms with Crippen molar-refractivity contribution in [2.45, 2.75) is 12.8 Å². The predicted octanol–water partition coefficient (Wildman–Crippen LogP) is 4.15. The first-order valence-electron chi connectivity index (χ1n) is 9.90. The van der Waals surface area contributed by atoms with E-state index in [1.165, 1.54) is 12.1 Å². The first-order chi connectivity index (χ1) is 14.6. The van der Waals surface area contributed by atoms with Crippen molar-refractivity contribution in [1.82, 2.24) is 9.97 Å². The second-order valence-corrected chi connectivity index (χ2v) is 7.29. The number of aromatic nitrogens is 2. The van der Waals surface area contributed by atoms with E-state index in [1.54, 1.807) is 37.7 Å². The van der Waals surface area contributed by atoms with E-state index in [-0.39, 0.29) is 17.6 Å². The summed E-state index contributed by atoms with van der Waals surface area (Å²) in [5, 5.41) is 2.98. The number of piperidine rings is 1. The molecule has 1 aliphatic rings. The minimum absolute atomic E-state index is 0.0177. The maximum absolute atomic E-state index is 13.1. The number of nitrogens with zero attached hydrogens (tertiary/aromatic N) is 3. The molecule has 1 saturated heterocycles. The van der Waals surface area contributed by atoms with Crippen molar-refractivity contribution in [3.05, 3.63) is 66.7 Å². The Bertz CT molecular complexity index is 1010. The van der Waals surface area contributed by atoms with Crippen LogP contribution < -0.4 is 15.0 Å². The molecule has 1 fully saturated rings. The van der Waals surface area contributed by atoms with Crippen LogP contribution in [0.15, 0.2) is 60.9 Å². The Hall–Kier alpha value is -3.48. The first kappa shape index (κ1) is 19.8. The van der Waals surface area contributed by atoms with Crippen molar-refractivity contribution in [2.75, 3.05) is 30.4 Å². The molecule has 30 heavy (non-hydrogen) atoms. The van der Waals surface area contributed by atoms with Gasteiger partial charge in [-0.15, -0.1) is 0 Å². The van der Waals surface area contributed by atoms with Crippen molar-refractivity contribution < 1.29 is 13.9 Å². The zero-order valence-electron chi connectivity index (χ0n) is 16.7. The molecule has 1 aromatic heterocycles. The molecule has 6 nitrogen and oxygen atoms in total. The average molecular weight is 406 g/mol. The standard InChI is InChI=1S/C23H23FN4O2/c1-30-21-6-2-5-20(12-21)27-22(29)17-4-3-11-28(15-17)23-25-13-18(14-26-23)16-7-9-19(24)10-8-16/h2,5-10,12-14,17H,3-4,11,15H2,1H3,(H,27,29)/t17-/m1/s1. The van der Waals surface area contributed by atoms with E-state index < -0.39 is 0 Å². The van der Waals surface area contributed by atoms with E-state index >= 15 is 0 Å². The van der Waals surface area contributed by atoms with E-state index in [0.717, 1.165) is 36.2 Å². The number of methoxy groups -OCH3 is 1. The molecule has 0 bridgehead atoms. The highest BCUT2D eigenvalue weighted by atomic mass is 19.1. The molecule has 1 aliphatic heterocycles. The molecule has 2 aromatic carbocycles. The second-order valence-electron chi connectivity index (χ2n) is 7.29. The van der Waals surface area contributed by atoms with Crippen LogP contribution in [-0.4, -0.2) is 36.1 Å². The molecule has 1 N–H and O–H groups in total. The maximum Gasteiger partial charge on any atom is 0.229 e. The highest BCUT2D eigenvalue weighted by Crippen LogP contribution is 2.24. The van der Waals surface area contributed by atoms with Gasteiger partial charge in [0.15, 0.2) is 0 Å². The number of nitrogens with one attached hydrogen (secondary N) is 1. The minimum Gasteiger partial charge on any atom is -0.497 e. The molecule has 154 valence electrons. The fourth-order valence-electron chi connectivity index (χ4n) is 3.59. The van der Waals surface area contributed by atoms with Crippen molar-refractivity contribution in [1.29, 1.82) is 0 Å². The number of halogens is 1. The topological polar surface area (TPSA) is 67.3 Å². The fourth-order valence-corrected chi connectivity index (χ4v) is 3.59. The molecule has 4 rings (SSSR count). The quantitative estimate of drug-likeness (QED) is 0.690. The molecule has 3 aromatic rings. The van der Waals surface area contributed by atoms with Crippen LogP contribution in [-0.2, 0) is 4.79 Å². The van der Waals surface area contributed by atoms with Crippen LogP contribution in [0.1, 0.15) is 12.8 Å². The van der Waals surface area contributed by atoms with Crippen LogP contribution in [0.25, 0.3) is 11.1 Å². The Morgan fingerprint density at radius 1 is 1.13 bits per heavy atom. The summed E-state index contributed by atoms with van der Waals surface area (Å²) in [5.74, 6) is 0.858. The second kappa shape index (κ2) is 8.90. The molecule has 7 heteroatoms. The Labute approximate surface area is 174 Å². The molecular formula is C23H23FN4O2. The van der Waals surface area contributed by atoms with Crippen LogP contribution in [0.2, 0.25) is 0 Å². The Morgan fingerprint density at radius 2 is 1.90 bits per heavy atom.